The van der Waals surface area contributed by atoms with E-state index in [-0.39, 0.29) is 5.91 Å². The molecule has 3 N–H and O–H groups in total. The Labute approximate surface area is 129 Å². The highest BCUT2D eigenvalue weighted by molar-refractivity contribution is 9.10. The smallest absolute Gasteiger partial charge is 0.260 e. The second kappa shape index (κ2) is 8.97. The Bertz CT molecular complexity index is 438. The van der Waals surface area contributed by atoms with Crippen molar-refractivity contribution in [2.75, 3.05) is 13.1 Å². The van der Waals surface area contributed by atoms with Crippen LogP contribution in [0.3, 0.4) is 0 Å². The molecule has 1 rings (SSSR count). The van der Waals surface area contributed by atoms with Crippen molar-refractivity contribution >= 4 is 21.8 Å². The molecule has 1 unspecified atom stereocenters. The SMILES string of the molecule is CCCCNC(=O)C(C)Oc1ccc(CCN)cc1Br. The lowest BCUT2D eigenvalue weighted by atomic mass is 10.1. The summed E-state index contributed by atoms with van der Waals surface area (Å²) in [6.07, 6.45) is 2.36. The van der Waals surface area contributed by atoms with Crippen molar-refractivity contribution in [1.82, 2.24) is 5.32 Å². The molecule has 0 aliphatic heterocycles. The number of nitrogens with one attached hydrogen (secondary N) is 1. The number of amides is 1. The van der Waals surface area contributed by atoms with E-state index in [0.717, 1.165) is 29.3 Å². The first kappa shape index (κ1) is 17.0. The first-order chi connectivity index (χ1) is 9.58. The Hall–Kier alpha value is -1.07. The molecule has 1 aromatic carbocycles. The van der Waals surface area contributed by atoms with Crippen LogP contribution in [-0.4, -0.2) is 25.1 Å². The molecule has 0 aliphatic rings. The molecule has 0 bridgehead atoms. The number of carbonyl (C=O) groups is 1. The van der Waals surface area contributed by atoms with Gasteiger partial charge in [0.1, 0.15) is 5.75 Å². The number of hydrogen-bond donors (Lipinski definition) is 2. The van der Waals surface area contributed by atoms with Crippen LogP contribution in [-0.2, 0) is 11.2 Å². The third-order valence-corrected chi connectivity index (χ3v) is 3.55. The van der Waals surface area contributed by atoms with Crippen LogP contribution in [0.5, 0.6) is 5.75 Å². The molecule has 5 heteroatoms. The fourth-order valence-corrected chi connectivity index (χ4v) is 2.26. The molecule has 0 saturated carbocycles. The first-order valence-electron chi connectivity index (χ1n) is 7.01. The normalized spacial score (nSPS) is 12.0. The summed E-state index contributed by atoms with van der Waals surface area (Å²) in [5.74, 6) is 0.584. The number of carbonyl (C=O) groups excluding carboxylic acids is 1. The average molecular weight is 343 g/mol. The molecular weight excluding hydrogens is 320 g/mol. The highest BCUT2D eigenvalue weighted by Gasteiger charge is 2.15. The van der Waals surface area contributed by atoms with Gasteiger partial charge < -0.3 is 15.8 Å². The highest BCUT2D eigenvalue weighted by atomic mass is 79.9. The van der Waals surface area contributed by atoms with Gasteiger partial charge in [0.15, 0.2) is 6.10 Å². The summed E-state index contributed by atoms with van der Waals surface area (Å²) in [5, 5.41) is 2.86. The van der Waals surface area contributed by atoms with Gasteiger partial charge >= 0.3 is 0 Å². The lowest BCUT2D eigenvalue weighted by molar-refractivity contribution is -0.127. The van der Waals surface area contributed by atoms with Crippen LogP contribution in [0.2, 0.25) is 0 Å². The number of ether oxygens (including phenoxy) is 1. The van der Waals surface area contributed by atoms with Gasteiger partial charge in [-0.3, -0.25) is 4.79 Å². The van der Waals surface area contributed by atoms with Gasteiger partial charge in [0.25, 0.3) is 5.91 Å². The van der Waals surface area contributed by atoms with E-state index in [2.05, 4.69) is 28.2 Å². The van der Waals surface area contributed by atoms with E-state index in [9.17, 15) is 4.79 Å². The van der Waals surface area contributed by atoms with E-state index in [0.29, 0.717) is 18.8 Å². The van der Waals surface area contributed by atoms with Crippen LogP contribution in [0.4, 0.5) is 0 Å². The van der Waals surface area contributed by atoms with Crippen LogP contribution in [0, 0.1) is 0 Å². The molecule has 0 aliphatic carbocycles. The predicted octanol–water partition coefficient (Wildman–Crippen LogP) is 2.63. The molecule has 4 nitrogen and oxygen atoms in total. The minimum absolute atomic E-state index is 0.0867. The van der Waals surface area contributed by atoms with Crippen LogP contribution in [0.25, 0.3) is 0 Å². The van der Waals surface area contributed by atoms with Gasteiger partial charge in [-0.15, -0.1) is 0 Å². The number of rotatable bonds is 8. The van der Waals surface area contributed by atoms with Gasteiger partial charge in [0.05, 0.1) is 4.47 Å². The van der Waals surface area contributed by atoms with Crippen LogP contribution in [0.15, 0.2) is 22.7 Å². The molecular formula is C15H23BrN2O2. The molecule has 20 heavy (non-hydrogen) atoms. The summed E-state index contributed by atoms with van der Waals surface area (Å²) in [5.41, 5.74) is 6.67. The summed E-state index contributed by atoms with van der Waals surface area (Å²) in [4.78, 5) is 11.8. The van der Waals surface area contributed by atoms with Crippen LogP contribution in [0.1, 0.15) is 32.3 Å². The quantitative estimate of drug-likeness (QED) is 0.713. The minimum Gasteiger partial charge on any atom is -0.480 e. The maximum atomic E-state index is 11.8. The molecule has 1 atom stereocenters. The molecule has 0 fully saturated rings. The lowest BCUT2D eigenvalue weighted by Crippen LogP contribution is -2.36. The van der Waals surface area contributed by atoms with Crippen LogP contribution < -0.4 is 15.8 Å². The molecule has 0 radical (unpaired) electrons. The number of benzene rings is 1. The standard InChI is InChI=1S/C15H23BrN2O2/c1-3-4-9-18-15(19)11(2)20-14-6-5-12(7-8-17)10-13(14)16/h5-6,10-11H,3-4,7-9,17H2,1-2H3,(H,18,19). The Morgan fingerprint density at radius 1 is 1.50 bits per heavy atom. The fourth-order valence-electron chi connectivity index (χ4n) is 1.74. The van der Waals surface area contributed by atoms with Crippen molar-refractivity contribution in [2.45, 2.75) is 39.2 Å². The zero-order valence-electron chi connectivity index (χ0n) is 12.1. The molecule has 0 aromatic heterocycles. The van der Waals surface area contributed by atoms with Gasteiger partial charge in [-0.05, 0) is 59.9 Å². The van der Waals surface area contributed by atoms with E-state index >= 15 is 0 Å². The van der Waals surface area contributed by atoms with E-state index < -0.39 is 6.10 Å². The summed E-state index contributed by atoms with van der Waals surface area (Å²) in [7, 11) is 0. The Morgan fingerprint density at radius 3 is 2.85 bits per heavy atom. The number of nitrogens with two attached hydrogens (primary N) is 1. The second-order valence-electron chi connectivity index (χ2n) is 4.71. The highest BCUT2D eigenvalue weighted by Crippen LogP contribution is 2.27. The van der Waals surface area contributed by atoms with Gasteiger partial charge in [-0.1, -0.05) is 19.4 Å². The van der Waals surface area contributed by atoms with E-state index in [1.807, 2.05) is 18.2 Å². The Kier molecular flexibility index (Phi) is 7.62. The first-order valence-corrected chi connectivity index (χ1v) is 7.80. The molecule has 0 saturated heterocycles. The van der Waals surface area contributed by atoms with Crippen molar-refractivity contribution in [3.8, 4) is 5.75 Å². The Balaban J connectivity index is 2.56. The van der Waals surface area contributed by atoms with Crippen molar-refractivity contribution in [3.05, 3.63) is 28.2 Å². The molecule has 0 spiro atoms. The number of unbranched alkanes of at least 4 members (excludes halogenated alkanes) is 1. The third-order valence-electron chi connectivity index (χ3n) is 2.93. The van der Waals surface area contributed by atoms with Gasteiger partial charge in [0, 0.05) is 6.54 Å². The lowest BCUT2D eigenvalue weighted by Gasteiger charge is -2.16. The molecule has 0 heterocycles. The topological polar surface area (TPSA) is 64.3 Å². The maximum Gasteiger partial charge on any atom is 0.260 e. The summed E-state index contributed by atoms with van der Waals surface area (Å²) in [6.45, 7) is 5.15. The summed E-state index contributed by atoms with van der Waals surface area (Å²) in [6, 6.07) is 5.81. The molecule has 1 aromatic rings. The number of halogens is 1. The van der Waals surface area contributed by atoms with E-state index in [1.165, 1.54) is 0 Å². The van der Waals surface area contributed by atoms with Crippen molar-refractivity contribution < 1.29 is 9.53 Å². The molecule has 1 amide bonds. The summed E-state index contributed by atoms with van der Waals surface area (Å²) >= 11 is 3.46. The second-order valence-corrected chi connectivity index (χ2v) is 5.56. The number of hydrogen-bond acceptors (Lipinski definition) is 3. The average Bonchev–Trinajstić information content (AvgIpc) is 2.42. The Morgan fingerprint density at radius 2 is 2.25 bits per heavy atom. The van der Waals surface area contributed by atoms with E-state index in [4.69, 9.17) is 10.5 Å². The molecule has 112 valence electrons. The monoisotopic (exact) mass is 342 g/mol. The van der Waals surface area contributed by atoms with Crippen molar-refractivity contribution in [3.63, 3.8) is 0 Å². The van der Waals surface area contributed by atoms with E-state index in [1.54, 1.807) is 6.92 Å². The van der Waals surface area contributed by atoms with Crippen LogP contribution >= 0.6 is 15.9 Å². The van der Waals surface area contributed by atoms with Crippen molar-refractivity contribution in [2.24, 2.45) is 5.73 Å². The summed E-state index contributed by atoms with van der Waals surface area (Å²) < 4.78 is 6.52. The predicted molar refractivity (Wildman–Crippen MR) is 84.9 cm³/mol. The van der Waals surface area contributed by atoms with Gasteiger partial charge in [-0.25, -0.2) is 0 Å². The fraction of sp³-hybridized carbons (Fsp3) is 0.533. The zero-order valence-corrected chi connectivity index (χ0v) is 13.7. The van der Waals surface area contributed by atoms with Crippen molar-refractivity contribution in [1.29, 1.82) is 0 Å². The largest absolute Gasteiger partial charge is 0.480 e. The third kappa shape index (κ3) is 5.51. The maximum absolute atomic E-state index is 11.8. The van der Waals surface area contributed by atoms with Gasteiger partial charge in [0.2, 0.25) is 0 Å². The zero-order chi connectivity index (χ0) is 15.0. The van der Waals surface area contributed by atoms with Gasteiger partial charge in [-0.2, -0.15) is 0 Å². The minimum atomic E-state index is -0.511.